The molecule has 66 valence electrons. The molecule has 0 aliphatic carbocycles. The molecular weight excluding hydrogens is 178 g/mol. The van der Waals surface area contributed by atoms with Gasteiger partial charge in [0.25, 0.3) is 0 Å². The van der Waals surface area contributed by atoms with Crippen molar-refractivity contribution in [1.82, 2.24) is 0 Å². The normalized spacial score (nSPS) is 10.1. The van der Waals surface area contributed by atoms with Gasteiger partial charge in [-0.05, 0) is 18.2 Å². The molecular formula is C7H9NO3S. The summed E-state index contributed by atoms with van der Waals surface area (Å²) in [4.78, 5) is 9.65. The van der Waals surface area contributed by atoms with Gasteiger partial charge in [0, 0.05) is 6.42 Å². The highest BCUT2D eigenvalue weighted by Crippen LogP contribution is 2.16. The molecule has 0 atom stereocenters. The van der Waals surface area contributed by atoms with Crippen LogP contribution in [0.5, 0.6) is 0 Å². The van der Waals surface area contributed by atoms with Crippen LogP contribution in [-0.4, -0.2) is 10.7 Å². The van der Waals surface area contributed by atoms with Crippen LogP contribution >= 0.6 is 12.6 Å². The lowest BCUT2D eigenvalue weighted by Crippen LogP contribution is -1.84. The SMILES string of the molecule is O=[N+]([O-])c1ccc(CCCS)o1. The first-order valence-corrected chi connectivity index (χ1v) is 4.21. The van der Waals surface area contributed by atoms with Gasteiger partial charge >= 0.3 is 5.88 Å². The Kier molecular flexibility index (Phi) is 3.16. The molecule has 1 rings (SSSR count). The zero-order chi connectivity index (χ0) is 8.97. The average Bonchev–Trinajstić information content (AvgIpc) is 2.48. The molecule has 1 heterocycles. The molecule has 0 fully saturated rings. The van der Waals surface area contributed by atoms with E-state index in [4.69, 9.17) is 4.42 Å². The van der Waals surface area contributed by atoms with Gasteiger partial charge in [-0.15, -0.1) is 0 Å². The highest BCUT2D eigenvalue weighted by molar-refractivity contribution is 7.80. The summed E-state index contributed by atoms with van der Waals surface area (Å²) in [5, 5.41) is 10.2. The average molecular weight is 187 g/mol. The predicted octanol–water partition coefficient (Wildman–Crippen LogP) is 2.05. The number of thiol groups is 1. The van der Waals surface area contributed by atoms with Gasteiger partial charge in [0.2, 0.25) is 0 Å². The Labute approximate surface area is 75.1 Å². The lowest BCUT2D eigenvalue weighted by molar-refractivity contribution is -0.402. The third kappa shape index (κ3) is 2.27. The molecule has 0 radical (unpaired) electrons. The Hall–Kier alpha value is -0.970. The Balaban J connectivity index is 2.58. The van der Waals surface area contributed by atoms with Crippen LogP contribution in [0, 0.1) is 10.1 Å². The van der Waals surface area contributed by atoms with Crippen molar-refractivity contribution in [2.45, 2.75) is 12.8 Å². The Bertz CT molecular complexity index is 271. The summed E-state index contributed by atoms with van der Waals surface area (Å²) in [7, 11) is 0. The summed E-state index contributed by atoms with van der Waals surface area (Å²) in [6.07, 6.45) is 1.57. The molecule has 0 aromatic carbocycles. The molecule has 0 saturated heterocycles. The number of hydrogen-bond donors (Lipinski definition) is 1. The van der Waals surface area contributed by atoms with E-state index in [0.29, 0.717) is 12.2 Å². The maximum absolute atomic E-state index is 10.2. The van der Waals surface area contributed by atoms with E-state index in [1.807, 2.05) is 0 Å². The molecule has 0 unspecified atom stereocenters. The largest absolute Gasteiger partial charge is 0.433 e. The minimum Gasteiger partial charge on any atom is -0.406 e. The Morgan fingerprint density at radius 3 is 2.83 bits per heavy atom. The van der Waals surface area contributed by atoms with Gasteiger partial charge < -0.3 is 4.42 Å². The van der Waals surface area contributed by atoms with Crippen molar-refractivity contribution in [3.8, 4) is 0 Å². The van der Waals surface area contributed by atoms with Crippen LogP contribution < -0.4 is 0 Å². The van der Waals surface area contributed by atoms with E-state index in [9.17, 15) is 10.1 Å². The second-order valence-corrected chi connectivity index (χ2v) is 2.77. The van der Waals surface area contributed by atoms with E-state index in [2.05, 4.69) is 12.6 Å². The molecule has 0 aliphatic rings. The molecule has 12 heavy (non-hydrogen) atoms. The first-order chi connectivity index (χ1) is 5.74. The molecule has 0 spiro atoms. The van der Waals surface area contributed by atoms with Crippen LogP contribution in [0.3, 0.4) is 0 Å². The van der Waals surface area contributed by atoms with Crippen molar-refractivity contribution in [3.63, 3.8) is 0 Å². The van der Waals surface area contributed by atoms with Crippen molar-refractivity contribution in [2.24, 2.45) is 0 Å². The molecule has 4 nitrogen and oxygen atoms in total. The van der Waals surface area contributed by atoms with E-state index in [-0.39, 0.29) is 5.88 Å². The first-order valence-electron chi connectivity index (χ1n) is 3.58. The van der Waals surface area contributed by atoms with Crippen LogP contribution in [0.15, 0.2) is 16.5 Å². The topological polar surface area (TPSA) is 56.3 Å². The van der Waals surface area contributed by atoms with Crippen molar-refractivity contribution in [3.05, 3.63) is 28.0 Å². The van der Waals surface area contributed by atoms with Crippen molar-refractivity contribution >= 4 is 18.5 Å². The minimum absolute atomic E-state index is 0.191. The first kappa shape index (κ1) is 9.12. The number of furan rings is 1. The molecule has 1 aromatic rings. The molecule has 5 heteroatoms. The number of aryl methyl sites for hydroxylation is 1. The summed E-state index contributed by atoms with van der Waals surface area (Å²) >= 11 is 4.02. The summed E-state index contributed by atoms with van der Waals surface area (Å²) in [6.45, 7) is 0. The standard InChI is InChI=1S/C7H9NO3S/c9-8(10)7-4-3-6(11-7)2-1-5-12/h3-4,12H,1-2,5H2. The van der Waals surface area contributed by atoms with Gasteiger partial charge in [-0.25, -0.2) is 0 Å². The molecule has 0 N–H and O–H groups in total. The second-order valence-electron chi connectivity index (χ2n) is 2.32. The quantitative estimate of drug-likeness (QED) is 0.446. The van der Waals surface area contributed by atoms with Crippen molar-refractivity contribution in [1.29, 1.82) is 0 Å². The van der Waals surface area contributed by atoms with Crippen molar-refractivity contribution < 1.29 is 9.34 Å². The fraction of sp³-hybridized carbons (Fsp3) is 0.429. The fourth-order valence-corrected chi connectivity index (χ4v) is 1.01. The monoisotopic (exact) mass is 187 g/mol. The molecule has 0 aliphatic heterocycles. The molecule has 0 saturated carbocycles. The second kappa shape index (κ2) is 4.15. The van der Waals surface area contributed by atoms with Crippen LogP contribution in [0.1, 0.15) is 12.2 Å². The van der Waals surface area contributed by atoms with E-state index >= 15 is 0 Å². The Morgan fingerprint density at radius 2 is 2.33 bits per heavy atom. The maximum atomic E-state index is 10.2. The van der Waals surface area contributed by atoms with Gasteiger partial charge in [-0.2, -0.15) is 12.6 Å². The fourth-order valence-electron chi connectivity index (χ4n) is 0.852. The number of nitro groups is 1. The van der Waals surface area contributed by atoms with Crippen LogP contribution in [0.4, 0.5) is 5.88 Å². The lowest BCUT2D eigenvalue weighted by atomic mass is 10.3. The van der Waals surface area contributed by atoms with Crippen molar-refractivity contribution in [2.75, 3.05) is 5.75 Å². The van der Waals surface area contributed by atoms with E-state index in [0.717, 1.165) is 12.2 Å². The molecule has 1 aromatic heterocycles. The smallest absolute Gasteiger partial charge is 0.406 e. The minimum atomic E-state index is -0.538. The number of hydrogen-bond acceptors (Lipinski definition) is 4. The van der Waals surface area contributed by atoms with Gasteiger partial charge in [-0.1, -0.05) is 0 Å². The zero-order valence-corrected chi connectivity index (χ0v) is 7.29. The number of nitrogens with zero attached hydrogens (tertiary/aromatic N) is 1. The van der Waals surface area contributed by atoms with Gasteiger partial charge in [-0.3, -0.25) is 10.1 Å². The number of rotatable bonds is 4. The molecule has 0 bridgehead atoms. The predicted molar refractivity (Wildman–Crippen MR) is 47.5 cm³/mol. The molecule has 0 amide bonds. The van der Waals surface area contributed by atoms with Crippen LogP contribution in [0.2, 0.25) is 0 Å². The summed E-state index contributed by atoms with van der Waals surface area (Å²) in [5.74, 6) is 1.22. The lowest BCUT2D eigenvalue weighted by Gasteiger charge is -1.90. The highest BCUT2D eigenvalue weighted by Gasteiger charge is 2.10. The third-order valence-corrected chi connectivity index (χ3v) is 1.72. The summed E-state index contributed by atoms with van der Waals surface area (Å²) in [5.41, 5.74) is 0. The highest BCUT2D eigenvalue weighted by atomic mass is 32.1. The summed E-state index contributed by atoms with van der Waals surface area (Å²) < 4.78 is 4.91. The maximum Gasteiger partial charge on any atom is 0.433 e. The van der Waals surface area contributed by atoms with E-state index in [1.165, 1.54) is 6.07 Å². The van der Waals surface area contributed by atoms with Crippen LogP contribution in [-0.2, 0) is 6.42 Å². The van der Waals surface area contributed by atoms with E-state index < -0.39 is 4.92 Å². The third-order valence-electron chi connectivity index (χ3n) is 1.41. The van der Waals surface area contributed by atoms with Gasteiger partial charge in [0.15, 0.2) is 0 Å². The van der Waals surface area contributed by atoms with E-state index in [1.54, 1.807) is 6.07 Å². The zero-order valence-electron chi connectivity index (χ0n) is 6.40. The van der Waals surface area contributed by atoms with Gasteiger partial charge in [0.1, 0.15) is 10.7 Å². The Morgan fingerprint density at radius 1 is 1.58 bits per heavy atom. The van der Waals surface area contributed by atoms with Gasteiger partial charge in [0.05, 0.1) is 6.07 Å². The summed E-state index contributed by atoms with van der Waals surface area (Å²) in [6, 6.07) is 3.00. The van der Waals surface area contributed by atoms with Crippen LogP contribution in [0.25, 0.3) is 0 Å².